The molecule has 2 aliphatic rings. The Morgan fingerprint density at radius 1 is 1.46 bits per heavy atom. The van der Waals surface area contributed by atoms with Gasteiger partial charge in [0, 0.05) is 30.3 Å². The molecule has 132 valence electrons. The number of halogens is 2. The summed E-state index contributed by atoms with van der Waals surface area (Å²) in [5.74, 6) is 0.741. The summed E-state index contributed by atoms with van der Waals surface area (Å²) in [6.45, 7) is 1.91. The third kappa shape index (κ3) is 3.95. The minimum Gasteiger partial charge on any atom is -0.487 e. The highest BCUT2D eigenvalue weighted by molar-refractivity contribution is 5.89. The summed E-state index contributed by atoms with van der Waals surface area (Å²) < 4.78 is 35.2. The van der Waals surface area contributed by atoms with E-state index in [1.807, 2.05) is 0 Å². The Balaban J connectivity index is 1.53. The molecule has 2 fully saturated rings. The number of rotatable bonds is 5. The minimum absolute atomic E-state index is 0.135. The predicted octanol–water partition coefficient (Wildman–Crippen LogP) is 3.33. The fourth-order valence-electron chi connectivity index (χ4n) is 3.28. The molecule has 1 heterocycles. The molecule has 0 aromatic heterocycles. The highest BCUT2D eigenvalue weighted by atomic mass is 19.3. The van der Waals surface area contributed by atoms with E-state index in [4.69, 9.17) is 9.47 Å². The highest BCUT2D eigenvalue weighted by Gasteiger charge is 2.43. The zero-order valence-corrected chi connectivity index (χ0v) is 13.6. The Kier molecular flexibility index (Phi) is 5.18. The first-order chi connectivity index (χ1) is 11.5. The van der Waals surface area contributed by atoms with Crippen LogP contribution in [0.1, 0.15) is 24.8 Å². The van der Waals surface area contributed by atoms with Crippen molar-refractivity contribution in [2.24, 2.45) is 5.92 Å². The Labute approximate surface area is 139 Å². The molecule has 1 aliphatic heterocycles. The van der Waals surface area contributed by atoms with E-state index in [9.17, 15) is 13.6 Å². The number of nitrogens with one attached hydrogen (secondary N) is 2. The lowest BCUT2D eigenvalue weighted by molar-refractivity contribution is -0.0997. The van der Waals surface area contributed by atoms with Gasteiger partial charge in [0.1, 0.15) is 12.4 Å². The third-order valence-corrected chi connectivity index (χ3v) is 4.62. The molecule has 0 unspecified atom stereocenters. The fraction of sp³-hybridized carbons (Fsp3) is 0.588. The Morgan fingerprint density at radius 2 is 2.29 bits per heavy atom. The lowest BCUT2D eigenvalue weighted by atomic mass is 9.72. The first-order valence-corrected chi connectivity index (χ1v) is 8.23. The van der Waals surface area contributed by atoms with Gasteiger partial charge >= 0.3 is 6.03 Å². The first-order valence-electron chi connectivity index (χ1n) is 8.23. The maximum Gasteiger partial charge on any atom is 0.319 e. The van der Waals surface area contributed by atoms with Crippen molar-refractivity contribution in [2.75, 3.05) is 18.5 Å². The maximum absolute atomic E-state index is 12.3. The van der Waals surface area contributed by atoms with Crippen LogP contribution in [0.4, 0.5) is 19.3 Å². The standard InChI is InChI=1S/C17H22F2N2O3/c1-10-4-5-11(7-14(10)24-9-16(18)19)20-17(22)21-13-8-15-12(13)3-2-6-23-15/h4-5,7,12-13,15-16H,2-3,6,8-9H2,1H3,(H2,20,21,22)/t12-,13+,15-/m0/s1. The monoisotopic (exact) mass is 340 g/mol. The molecule has 7 heteroatoms. The molecule has 2 N–H and O–H groups in total. The normalized spacial score (nSPS) is 25.6. The van der Waals surface area contributed by atoms with Crippen LogP contribution in [0.25, 0.3) is 0 Å². The van der Waals surface area contributed by atoms with Crippen LogP contribution >= 0.6 is 0 Å². The first kappa shape index (κ1) is 17.0. The van der Waals surface area contributed by atoms with Gasteiger partial charge in [-0.05, 0) is 37.8 Å². The van der Waals surface area contributed by atoms with Crippen LogP contribution in [-0.2, 0) is 4.74 Å². The summed E-state index contributed by atoms with van der Waals surface area (Å²) in [6.07, 6.45) is 0.691. The number of fused-ring (bicyclic) bond motifs is 1. The number of aryl methyl sites for hydroxylation is 1. The number of amides is 2. The number of hydrogen-bond acceptors (Lipinski definition) is 3. The Morgan fingerprint density at radius 3 is 3.04 bits per heavy atom. The minimum atomic E-state index is -2.53. The molecule has 0 spiro atoms. The molecular weight excluding hydrogens is 318 g/mol. The summed E-state index contributed by atoms with van der Waals surface area (Å²) in [6, 6.07) is 4.84. The highest BCUT2D eigenvalue weighted by Crippen LogP contribution is 2.37. The van der Waals surface area contributed by atoms with Crippen molar-refractivity contribution in [3.63, 3.8) is 0 Å². The van der Waals surface area contributed by atoms with E-state index in [0.717, 1.165) is 31.4 Å². The molecule has 1 aliphatic carbocycles. The molecule has 5 nitrogen and oxygen atoms in total. The summed E-state index contributed by atoms with van der Waals surface area (Å²) in [5, 5.41) is 5.69. The van der Waals surface area contributed by atoms with Gasteiger partial charge in [-0.2, -0.15) is 0 Å². The topological polar surface area (TPSA) is 59.6 Å². The number of hydrogen-bond donors (Lipinski definition) is 2. The van der Waals surface area contributed by atoms with Crippen LogP contribution < -0.4 is 15.4 Å². The molecule has 0 radical (unpaired) electrons. The van der Waals surface area contributed by atoms with Gasteiger partial charge in [0.25, 0.3) is 6.43 Å². The zero-order chi connectivity index (χ0) is 17.1. The van der Waals surface area contributed by atoms with Crippen molar-refractivity contribution in [2.45, 2.75) is 44.8 Å². The van der Waals surface area contributed by atoms with E-state index in [-0.39, 0.29) is 18.2 Å². The zero-order valence-electron chi connectivity index (χ0n) is 13.6. The second kappa shape index (κ2) is 7.34. The molecular formula is C17H22F2N2O3. The summed E-state index contributed by atoms with van der Waals surface area (Å²) in [5.41, 5.74) is 1.25. The summed E-state index contributed by atoms with van der Waals surface area (Å²) in [7, 11) is 0. The van der Waals surface area contributed by atoms with Gasteiger partial charge in [0.15, 0.2) is 0 Å². The molecule has 24 heavy (non-hydrogen) atoms. The largest absolute Gasteiger partial charge is 0.487 e. The number of anilines is 1. The van der Waals surface area contributed by atoms with Crippen molar-refractivity contribution in [1.29, 1.82) is 0 Å². The molecule has 1 saturated carbocycles. The SMILES string of the molecule is Cc1ccc(NC(=O)N[C@@H]2C[C@@H]3OCCC[C@H]32)cc1OCC(F)F. The Bertz CT molecular complexity index is 597. The third-order valence-electron chi connectivity index (χ3n) is 4.62. The van der Waals surface area contributed by atoms with Crippen molar-refractivity contribution in [3.05, 3.63) is 23.8 Å². The van der Waals surface area contributed by atoms with E-state index >= 15 is 0 Å². The van der Waals surface area contributed by atoms with Crippen LogP contribution in [-0.4, -0.2) is 37.8 Å². The number of carbonyl (C=O) groups is 1. The van der Waals surface area contributed by atoms with Gasteiger partial charge < -0.3 is 20.1 Å². The molecule has 1 saturated heterocycles. The van der Waals surface area contributed by atoms with Crippen LogP contribution in [0.3, 0.4) is 0 Å². The number of urea groups is 1. The Hall–Kier alpha value is -1.89. The molecule has 1 aromatic rings. The van der Waals surface area contributed by atoms with Crippen LogP contribution in [0.15, 0.2) is 18.2 Å². The molecule has 2 amide bonds. The van der Waals surface area contributed by atoms with E-state index in [0.29, 0.717) is 17.4 Å². The number of ether oxygens (including phenoxy) is 2. The van der Waals surface area contributed by atoms with Crippen LogP contribution in [0, 0.1) is 12.8 Å². The van der Waals surface area contributed by atoms with E-state index in [1.54, 1.807) is 25.1 Å². The van der Waals surface area contributed by atoms with Crippen molar-refractivity contribution < 1.29 is 23.0 Å². The van der Waals surface area contributed by atoms with Gasteiger partial charge in [0.05, 0.1) is 6.10 Å². The second-order valence-corrected chi connectivity index (χ2v) is 6.34. The van der Waals surface area contributed by atoms with Gasteiger partial charge in [-0.25, -0.2) is 13.6 Å². The lowest BCUT2D eigenvalue weighted by Crippen LogP contribution is -2.58. The summed E-state index contributed by atoms with van der Waals surface area (Å²) >= 11 is 0. The van der Waals surface area contributed by atoms with E-state index in [2.05, 4.69) is 10.6 Å². The van der Waals surface area contributed by atoms with E-state index < -0.39 is 13.0 Å². The molecule has 3 rings (SSSR count). The number of alkyl halides is 2. The van der Waals surface area contributed by atoms with Crippen LogP contribution in [0.2, 0.25) is 0 Å². The summed E-state index contributed by atoms with van der Waals surface area (Å²) in [4.78, 5) is 12.1. The number of benzene rings is 1. The smallest absolute Gasteiger partial charge is 0.319 e. The van der Waals surface area contributed by atoms with Crippen molar-refractivity contribution in [3.8, 4) is 5.75 Å². The predicted molar refractivity (Wildman–Crippen MR) is 85.7 cm³/mol. The molecule has 0 bridgehead atoms. The van der Waals surface area contributed by atoms with E-state index in [1.165, 1.54) is 0 Å². The maximum atomic E-state index is 12.3. The van der Waals surface area contributed by atoms with Crippen LogP contribution in [0.5, 0.6) is 5.75 Å². The molecule has 1 aromatic carbocycles. The quantitative estimate of drug-likeness (QED) is 0.864. The number of carbonyl (C=O) groups excluding carboxylic acids is 1. The van der Waals surface area contributed by atoms with Gasteiger partial charge in [-0.3, -0.25) is 0 Å². The fourth-order valence-corrected chi connectivity index (χ4v) is 3.28. The van der Waals surface area contributed by atoms with Gasteiger partial charge in [0.2, 0.25) is 0 Å². The lowest BCUT2D eigenvalue weighted by Gasteiger charge is -2.47. The average Bonchev–Trinajstić information content (AvgIpc) is 2.53. The second-order valence-electron chi connectivity index (χ2n) is 6.34. The van der Waals surface area contributed by atoms with Crippen molar-refractivity contribution >= 4 is 11.7 Å². The van der Waals surface area contributed by atoms with Crippen molar-refractivity contribution in [1.82, 2.24) is 5.32 Å². The van der Waals surface area contributed by atoms with Gasteiger partial charge in [-0.15, -0.1) is 0 Å². The average molecular weight is 340 g/mol. The van der Waals surface area contributed by atoms with Gasteiger partial charge in [-0.1, -0.05) is 6.07 Å². The molecule has 3 atom stereocenters.